The number of aryl methyl sites for hydroxylation is 1. The zero-order valence-electron chi connectivity index (χ0n) is 12.0. The van der Waals surface area contributed by atoms with Gasteiger partial charge in [0.1, 0.15) is 0 Å². The molecule has 3 rings (SSSR count). The van der Waals surface area contributed by atoms with Crippen LogP contribution < -0.4 is 5.32 Å². The average molecular weight is 300 g/mol. The number of amides is 1. The summed E-state index contributed by atoms with van der Waals surface area (Å²) in [6.45, 7) is 1.88. The molecule has 0 saturated carbocycles. The zero-order chi connectivity index (χ0) is 14.8. The highest BCUT2D eigenvalue weighted by molar-refractivity contribution is 6.31. The summed E-state index contributed by atoms with van der Waals surface area (Å²) in [6, 6.07) is 13.9. The van der Waals surface area contributed by atoms with E-state index in [1.807, 2.05) is 31.2 Å². The number of carbonyl (C=O) groups is 1. The molecule has 108 valence electrons. The van der Waals surface area contributed by atoms with Crippen LogP contribution in [0.25, 0.3) is 0 Å². The van der Waals surface area contributed by atoms with Gasteiger partial charge in [0.05, 0.1) is 6.04 Å². The fourth-order valence-corrected chi connectivity index (χ4v) is 3.17. The van der Waals surface area contributed by atoms with Gasteiger partial charge < -0.3 is 5.32 Å². The summed E-state index contributed by atoms with van der Waals surface area (Å²) in [5.74, 6) is -0.0447. The number of nitrogens with one attached hydrogen (secondary N) is 1. The summed E-state index contributed by atoms with van der Waals surface area (Å²) < 4.78 is 0. The molecule has 2 aromatic carbocycles. The van der Waals surface area contributed by atoms with Gasteiger partial charge in [-0.05, 0) is 55.0 Å². The van der Waals surface area contributed by atoms with Gasteiger partial charge >= 0.3 is 0 Å². The first-order chi connectivity index (χ1) is 10.2. The van der Waals surface area contributed by atoms with E-state index >= 15 is 0 Å². The standard InChI is InChI=1S/C18H18ClNO/c1-12-14(9-5-10-16(12)19)18(21)20-17-11-4-7-13-6-2-3-8-15(13)17/h2-3,5-6,8-10,17H,4,7,11H2,1H3,(H,20,21). The van der Waals surface area contributed by atoms with Crippen LogP contribution >= 0.6 is 11.6 Å². The van der Waals surface area contributed by atoms with Crippen molar-refractivity contribution in [3.05, 3.63) is 69.7 Å². The van der Waals surface area contributed by atoms with Crippen molar-refractivity contribution in [2.45, 2.75) is 32.2 Å². The fraction of sp³-hybridized carbons (Fsp3) is 0.278. The normalized spacial score (nSPS) is 17.1. The van der Waals surface area contributed by atoms with Crippen LogP contribution in [0, 0.1) is 6.92 Å². The molecular weight excluding hydrogens is 282 g/mol. The molecule has 0 aromatic heterocycles. The summed E-state index contributed by atoms with van der Waals surface area (Å²) >= 11 is 6.10. The number of halogens is 1. The van der Waals surface area contributed by atoms with Crippen LogP contribution in [0.1, 0.15) is 45.9 Å². The van der Waals surface area contributed by atoms with Gasteiger partial charge in [-0.15, -0.1) is 0 Å². The molecule has 1 unspecified atom stereocenters. The second-order valence-electron chi connectivity index (χ2n) is 5.53. The third kappa shape index (κ3) is 2.81. The predicted octanol–water partition coefficient (Wildman–Crippen LogP) is 4.46. The SMILES string of the molecule is Cc1c(Cl)cccc1C(=O)NC1CCCc2ccccc21. The number of hydrogen-bond donors (Lipinski definition) is 1. The number of fused-ring (bicyclic) bond motifs is 1. The molecule has 2 aromatic rings. The highest BCUT2D eigenvalue weighted by atomic mass is 35.5. The first-order valence-corrected chi connectivity index (χ1v) is 7.68. The molecule has 0 saturated heterocycles. The van der Waals surface area contributed by atoms with Crippen molar-refractivity contribution in [3.63, 3.8) is 0 Å². The van der Waals surface area contributed by atoms with E-state index in [2.05, 4.69) is 23.5 Å². The second kappa shape index (κ2) is 5.90. The van der Waals surface area contributed by atoms with Crippen LogP contribution in [-0.2, 0) is 6.42 Å². The molecule has 1 aliphatic rings. The maximum atomic E-state index is 12.5. The van der Waals surface area contributed by atoms with Gasteiger partial charge in [-0.2, -0.15) is 0 Å². The van der Waals surface area contributed by atoms with Crippen molar-refractivity contribution in [1.82, 2.24) is 5.32 Å². The molecule has 3 heteroatoms. The minimum atomic E-state index is -0.0447. The topological polar surface area (TPSA) is 29.1 Å². The van der Waals surface area contributed by atoms with Crippen molar-refractivity contribution in [3.8, 4) is 0 Å². The molecule has 1 aliphatic carbocycles. The van der Waals surface area contributed by atoms with Crippen molar-refractivity contribution >= 4 is 17.5 Å². The Bertz CT molecular complexity index is 681. The Kier molecular flexibility index (Phi) is 3.98. The van der Waals surface area contributed by atoms with Crippen LogP contribution in [0.15, 0.2) is 42.5 Å². The molecule has 0 aliphatic heterocycles. The molecule has 2 nitrogen and oxygen atoms in total. The van der Waals surface area contributed by atoms with E-state index in [0.717, 1.165) is 24.8 Å². The van der Waals surface area contributed by atoms with Gasteiger partial charge in [-0.1, -0.05) is 41.9 Å². The average Bonchev–Trinajstić information content (AvgIpc) is 2.50. The second-order valence-corrected chi connectivity index (χ2v) is 5.94. The third-order valence-electron chi connectivity index (χ3n) is 4.19. The van der Waals surface area contributed by atoms with E-state index in [4.69, 9.17) is 11.6 Å². The summed E-state index contributed by atoms with van der Waals surface area (Å²) in [6.07, 6.45) is 3.19. The third-order valence-corrected chi connectivity index (χ3v) is 4.60. The van der Waals surface area contributed by atoms with E-state index in [1.165, 1.54) is 11.1 Å². The fourth-order valence-electron chi connectivity index (χ4n) is 2.99. The lowest BCUT2D eigenvalue weighted by atomic mass is 9.87. The largest absolute Gasteiger partial charge is 0.345 e. The van der Waals surface area contributed by atoms with Gasteiger partial charge in [0, 0.05) is 10.6 Å². The van der Waals surface area contributed by atoms with Crippen molar-refractivity contribution in [2.75, 3.05) is 0 Å². The Morgan fingerprint density at radius 1 is 1.19 bits per heavy atom. The van der Waals surface area contributed by atoms with Gasteiger partial charge in [0.15, 0.2) is 0 Å². The molecule has 0 spiro atoms. The molecular formula is C18H18ClNO. The van der Waals surface area contributed by atoms with Crippen LogP contribution in [0.4, 0.5) is 0 Å². The molecule has 1 amide bonds. The summed E-state index contributed by atoms with van der Waals surface area (Å²) in [5.41, 5.74) is 4.08. The molecule has 0 fully saturated rings. The molecule has 0 heterocycles. The number of benzene rings is 2. The first kappa shape index (κ1) is 14.2. The van der Waals surface area contributed by atoms with E-state index in [9.17, 15) is 4.79 Å². The molecule has 0 bridgehead atoms. The van der Waals surface area contributed by atoms with E-state index < -0.39 is 0 Å². The smallest absolute Gasteiger partial charge is 0.252 e. The van der Waals surface area contributed by atoms with Gasteiger partial charge in [0.2, 0.25) is 0 Å². The summed E-state index contributed by atoms with van der Waals surface area (Å²) in [4.78, 5) is 12.5. The Balaban J connectivity index is 1.85. The highest BCUT2D eigenvalue weighted by Gasteiger charge is 2.22. The quantitative estimate of drug-likeness (QED) is 0.872. The predicted molar refractivity (Wildman–Crippen MR) is 85.8 cm³/mol. The van der Waals surface area contributed by atoms with Crippen molar-refractivity contribution in [2.24, 2.45) is 0 Å². The maximum Gasteiger partial charge on any atom is 0.252 e. The van der Waals surface area contributed by atoms with E-state index in [-0.39, 0.29) is 11.9 Å². The van der Waals surface area contributed by atoms with Gasteiger partial charge in [-0.25, -0.2) is 0 Å². The van der Waals surface area contributed by atoms with Crippen molar-refractivity contribution in [1.29, 1.82) is 0 Å². The Labute approximate surface area is 130 Å². The summed E-state index contributed by atoms with van der Waals surface area (Å²) in [7, 11) is 0. The zero-order valence-corrected chi connectivity index (χ0v) is 12.8. The molecule has 21 heavy (non-hydrogen) atoms. The van der Waals surface area contributed by atoms with E-state index in [1.54, 1.807) is 0 Å². The minimum absolute atomic E-state index is 0.0447. The van der Waals surface area contributed by atoms with E-state index in [0.29, 0.717) is 10.6 Å². The number of carbonyl (C=O) groups excluding carboxylic acids is 1. The molecule has 1 N–H and O–H groups in total. The van der Waals surface area contributed by atoms with Gasteiger partial charge in [-0.3, -0.25) is 4.79 Å². The van der Waals surface area contributed by atoms with Crippen LogP contribution in [0.2, 0.25) is 5.02 Å². The van der Waals surface area contributed by atoms with Crippen LogP contribution in [0.3, 0.4) is 0 Å². The lowest BCUT2D eigenvalue weighted by Gasteiger charge is -2.26. The van der Waals surface area contributed by atoms with Gasteiger partial charge in [0.25, 0.3) is 5.91 Å². The Morgan fingerprint density at radius 3 is 2.86 bits per heavy atom. The Hall–Kier alpha value is -1.80. The molecule has 0 radical (unpaired) electrons. The lowest BCUT2D eigenvalue weighted by Crippen LogP contribution is -2.31. The summed E-state index contributed by atoms with van der Waals surface area (Å²) in [5, 5.41) is 3.79. The number of rotatable bonds is 2. The van der Waals surface area contributed by atoms with Crippen LogP contribution in [-0.4, -0.2) is 5.91 Å². The highest BCUT2D eigenvalue weighted by Crippen LogP contribution is 2.30. The minimum Gasteiger partial charge on any atom is -0.345 e. The monoisotopic (exact) mass is 299 g/mol. The lowest BCUT2D eigenvalue weighted by molar-refractivity contribution is 0.0932. The maximum absolute atomic E-state index is 12.5. The van der Waals surface area contributed by atoms with Crippen LogP contribution in [0.5, 0.6) is 0 Å². The number of hydrogen-bond acceptors (Lipinski definition) is 1. The first-order valence-electron chi connectivity index (χ1n) is 7.30. The Morgan fingerprint density at radius 2 is 2.00 bits per heavy atom. The van der Waals surface area contributed by atoms with Crippen molar-refractivity contribution < 1.29 is 4.79 Å². The molecule has 1 atom stereocenters.